The molecule has 0 spiro atoms. The lowest BCUT2D eigenvalue weighted by atomic mass is 10.1. The summed E-state index contributed by atoms with van der Waals surface area (Å²) in [7, 11) is -3.74. The zero-order valence-electron chi connectivity index (χ0n) is 9.83. The minimum Gasteiger partial charge on any atom is -0.211 e. The van der Waals surface area contributed by atoms with Crippen LogP contribution in [0.15, 0.2) is 27.6 Å². The normalized spacial score (nSPS) is 17.2. The monoisotopic (exact) mass is 335 g/mol. The van der Waals surface area contributed by atoms with Gasteiger partial charge in [0.2, 0.25) is 10.0 Å². The third-order valence-electron chi connectivity index (χ3n) is 3.22. The molecule has 1 aliphatic carbocycles. The second-order valence-corrected chi connectivity index (χ2v) is 7.23. The molecule has 18 heavy (non-hydrogen) atoms. The SMILES string of the molecule is O=S(=O)(NCC1CCCC1)c1ccc(Br)cc1F. The predicted octanol–water partition coefficient (Wildman–Crippen LogP) is 3.06. The maximum absolute atomic E-state index is 13.6. The Balaban J connectivity index is 2.09. The van der Waals surface area contributed by atoms with Gasteiger partial charge in [0.15, 0.2) is 0 Å². The van der Waals surface area contributed by atoms with E-state index in [9.17, 15) is 12.8 Å². The Morgan fingerprint density at radius 1 is 1.33 bits per heavy atom. The van der Waals surface area contributed by atoms with E-state index in [-0.39, 0.29) is 4.90 Å². The summed E-state index contributed by atoms with van der Waals surface area (Å²) in [6.45, 7) is 0.401. The van der Waals surface area contributed by atoms with Crippen LogP contribution in [0.1, 0.15) is 25.7 Å². The van der Waals surface area contributed by atoms with Crippen molar-refractivity contribution in [1.29, 1.82) is 0 Å². The Hall–Kier alpha value is -0.460. The molecule has 1 saturated carbocycles. The van der Waals surface area contributed by atoms with Gasteiger partial charge in [0.05, 0.1) is 0 Å². The fraction of sp³-hybridized carbons (Fsp3) is 0.500. The van der Waals surface area contributed by atoms with Crippen LogP contribution in [0.25, 0.3) is 0 Å². The molecule has 0 unspecified atom stereocenters. The Bertz CT molecular complexity index is 527. The Kier molecular flexibility index (Phi) is 4.40. The molecule has 0 atom stereocenters. The highest BCUT2D eigenvalue weighted by Crippen LogP contribution is 2.25. The van der Waals surface area contributed by atoms with Crippen LogP contribution >= 0.6 is 15.9 Å². The molecule has 1 aromatic rings. The predicted molar refractivity (Wildman–Crippen MR) is 71.2 cm³/mol. The molecule has 1 N–H and O–H groups in total. The summed E-state index contributed by atoms with van der Waals surface area (Å²) in [6.07, 6.45) is 4.40. The summed E-state index contributed by atoms with van der Waals surface area (Å²) in [5.41, 5.74) is 0. The fourth-order valence-electron chi connectivity index (χ4n) is 2.21. The van der Waals surface area contributed by atoms with Crippen molar-refractivity contribution in [1.82, 2.24) is 4.72 Å². The summed E-state index contributed by atoms with van der Waals surface area (Å²) in [6, 6.07) is 3.95. The zero-order chi connectivity index (χ0) is 13.2. The molecule has 1 fully saturated rings. The van der Waals surface area contributed by atoms with Crippen LogP contribution in [0.3, 0.4) is 0 Å². The van der Waals surface area contributed by atoms with Crippen molar-refractivity contribution in [3.63, 3.8) is 0 Å². The molecular formula is C12H15BrFNO2S. The van der Waals surface area contributed by atoms with Crippen molar-refractivity contribution in [2.24, 2.45) is 5.92 Å². The molecular weight excluding hydrogens is 321 g/mol. The van der Waals surface area contributed by atoms with Gasteiger partial charge >= 0.3 is 0 Å². The summed E-state index contributed by atoms with van der Waals surface area (Å²) in [5, 5.41) is 0. The Morgan fingerprint density at radius 2 is 2.00 bits per heavy atom. The topological polar surface area (TPSA) is 46.2 Å². The maximum atomic E-state index is 13.6. The van der Waals surface area contributed by atoms with E-state index in [2.05, 4.69) is 20.7 Å². The highest BCUT2D eigenvalue weighted by Gasteiger charge is 2.22. The molecule has 0 heterocycles. The lowest BCUT2D eigenvalue weighted by Gasteiger charge is -2.11. The van der Waals surface area contributed by atoms with Crippen LogP contribution in [-0.2, 0) is 10.0 Å². The lowest BCUT2D eigenvalue weighted by molar-refractivity contribution is 0.514. The summed E-state index contributed by atoms with van der Waals surface area (Å²) in [4.78, 5) is -0.288. The molecule has 0 bridgehead atoms. The molecule has 0 saturated heterocycles. The quantitative estimate of drug-likeness (QED) is 0.919. The fourth-order valence-corrected chi connectivity index (χ4v) is 3.72. The highest BCUT2D eigenvalue weighted by molar-refractivity contribution is 9.10. The van der Waals surface area contributed by atoms with E-state index in [1.54, 1.807) is 0 Å². The molecule has 1 aliphatic rings. The van der Waals surface area contributed by atoms with Crippen molar-refractivity contribution in [3.8, 4) is 0 Å². The second kappa shape index (κ2) is 5.67. The molecule has 0 aromatic heterocycles. The summed E-state index contributed by atoms with van der Waals surface area (Å²) in [5.74, 6) is -0.346. The lowest BCUT2D eigenvalue weighted by Crippen LogP contribution is -2.29. The number of rotatable bonds is 4. The van der Waals surface area contributed by atoms with Crippen LogP contribution in [0.2, 0.25) is 0 Å². The molecule has 0 aliphatic heterocycles. The number of hydrogen-bond acceptors (Lipinski definition) is 2. The van der Waals surface area contributed by atoms with Gasteiger partial charge < -0.3 is 0 Å². The number of hydrogen-bond donors (Lipinski definition) is 1. The third kappa shape index (κ3) is 3.30. The van der Waals surface area contributed by atoms with Crippen LogP contribution in [0, 0.1) is 11.7 Å². The number of sulfonamides is 1. The van der Waals surface area contributed by atoms with Gasteiger partial charge in [0.1, 0.15) is 10.7 Å². The van der Waals surface area contributed by atoms with E-state index in [1.807, 2.05) is 0 Å². The maximum Gasteiger partial charge on any atom is 0.243 e. The van der Waals surface area contributed by atoms with Gasteiger partial charge in [-0.25, -0.2) is 17.5 Å². The number of benzene rings is 1. The largest absolute Gasteiger partial charge is 0.243 e. The third-order valence-corrected chi connectivity index (χ3v) is 5.17. The molecule has 1 aromatic carbocycles. The Morgan fingerprint density at radius 3 is 2.61 bits per heavy atom. The average molecular weight is 336 g/mol. The first-order valence-corrected chi connectivity index (χ1v) is 8.21. The van der Waals surface area contributed by atoms with Gasteiger partial charge in [0, 0.05) is 11.0 Å². The van der Waals surface area contributed by atoms with Gasteiger partial charge in [-0.3, -0.25) is 0 Å². The molecule has 0 radical (unpaired) electrons. The van der Waals surface area contributed by atoms with Crippen molar-refractivity contribution >= 4 is 26.0 Å². The minimum absolute atomic E-state index is 0.288. The molecule has 100 valence electrons. The van der Waals surface area contributed by atoms with Crippen LogP contribution in [-0.4, -0.2) is 15.0 Å². The second-order valence-electron chi connectivity index (χ2n) is 4.58. The summed E-state index contributed by atoms with van der Waals surface area (Å²) >= 11 is 3.10. The van der Waals surface area contributed by atoms with Gasteiger partial charge in [0.25, 0.3) is 0 Å². The van der Waals surface area contributed by atoms with E-state index >= 15 is 0 Å². The standard InChI is InChI=1S/C12H15BrFNO2S/c13-10-5-6-12(11(14)7-10)18(16,17)15-8-9-3-1-2-4-9/h5-7,9,15H,1-4,8H2. The van der Waals surface area contributed by atoms with Crippen LogP contribution < -0.4 is 4.72 Å². The van der Waals surface area contributed by atoms with Crippen molar-refractivity contribution < 1.29 is 12.8 Å². The van der Waals surface area contributed by atoms with E-state index in [0.717, 1.165) is 31.7 Å². The Labute approximate surface area is 115 Å². The smallest absolute Gasteiger partial charge is 0.211 e. The van der Waals surface area contributed by atoms with Gasteiger partial charge in [-0.2, -0.15) is 0 Å². The van der Waals surface area contributed by atoms with Crippen molar-refractivity contribution in [2.75, 3.05) is 6.54 Å². The molecule has 2 rings (SSSR count). The first-order valence-electron chi connectivity index (χ1n) is 5.94. The van der Waals surface area contributed by atoms with Gasteiger partial charge in [-0.15, -0.1) is 0 Å². The van der Waals surface area contributed by atoms with Crippen LogP contribution in [0.5, 0.6) is 0 Å². The first kappa shape index (κ1) is 14.0. The van der Waals surface area contributed by atoms with Gasteiger partial charge in [-0.1, -0.05) is 28.8 Å². The minimum atomic E-state index is -3.74. The number of halogens is 2. The molecule has 6 heteroatoms. The van der Waals surface area contributed by atoms with Gasteiger partial charge in [-0.05, 0) is 37.0 Å². The van der Waals surface area contributed by atoms with E-state index < -0.39 is 15.8 Å². The first-order chi connectivity index (χ1) is 8.49. The van der Waals surface area contributed by atoms with Crippen molar-refractivity contribution in [3.05, 3.63) is 28.5 Å². The van der Waals surface area contributed by atoms with E-state index in [4.69, 9.17) is 0 Å². The molecule has 0 amide bonds. The average Bonchev–Trinajstić information content (AvgIpc) is 2.78. The van der Waals surface area contributed by atoms with Crippen molar-refractivity contribution in [2.45, 2.75) is 30.6 Å². The molecule has 3 nitrogen and oxygen atoms in total. The van der Waals surface area contributed by atoms with Crippen LogP contribution in [0.4, 0.5) is 4.39 Å². The number of nitrogens with one attached hydrogen (secondary N) is 1. The summed E-state index contributed by atoms with van der Waals surface area (Å²) < 4.78 is 40.5. The van der Waals surface area contributed by atoms with E-state index in [1.165, 1.54) is 12.1 Å². The zero-order valence-corrected chi connectivity index (χ0v) is 12.2. The highest BCUT2D eigenvalue weighted by atomic mass is 79.9. The van der Waals surface area contributed by atoms with E-state index in [0.29, 0.717) is 16.9 Å².